The van der Waals surface area contributed by atoms with Crippen molar-refractivity contribution in [3.05, 3.63) is 23.8 Å². The molecule has 60 valence electrons. The molecule has 0 fully saturated rings. The summed E-state index contributed by atoms with van der Waals surface area (Å²) in [5, 5.41) is 0. The number of rotatable bonds is 1. The van der Waals surface area contributed by atoms with E-state index in [0.29, 0.717) is 5.82 Å². The fourth-order valence-electron chi connectivity index (χ4n) is 0.642. The van der Waals surface area contributed by atoms with Crippen molar-refractivity contribution >= 4 is 9.24 Å². The van der Waals surface area contributed by atoms with Gasteiger partial charge in [0.05, 0.1) is 0 Å². The summed E-state index contributed by atoms with van der Waals surface area (Å²) in [4.78, 5) is 7.26. The van der Waals surface area contributed by atoms with Crippen LogP contribution in [0.5, 0.6) is 0 Å². The van der Waals surface area contributed by atoms with E-state index < -0.39 is 5.66 Å². The lowest BCUT2D eigenvalue weighted by Crippen LogP contribution is -2.06. The van der Waals surface area contributed by atoms with E-state index in [4.69, 9.17) is 0 Å². The highest BCUT2D eigenvalue weighted by molar-refractivity contribution is 7.17. The number of halogens is 2. The van der Waals surface area contributed by atoms with E-state index >= 15 is 0 Å². The third-order valence-electron chi connectivity index (χ3n) is 1.12. The Morgan fingerprint density at radius 3 is 2.55 bits per heavy atom. The van der Waals surface area contributed by atoms with Crippen LogP contribution < -0.4 is 0 Å². The van der Waals surface area contributed by atoms with Crippen molar-refractivity contribution in [3.63, 3.8) is 0 Å². The zero-order valence-corrected chi connectivity index (χ0v) is 7.04. The molecule has 0 N–H and O–H groups in total. The molecular formula is C6H7F2N2P. The van der Waals surface area contributed by atoms with Crippen LogP contribution in [0.15, 0.2) is 12.3 Å². The summed E-state index contributed by atoms with van der Waals surface area (Å²) in [5.41, 5.74) is -3.22. The molecule has 1 aromatic heterocycles. The molecule has 1 rings (SSSR count). The second-order valence-electron chi connectivity index (χ2n) is 2.11. The van der Waals surface area contributed by atoms with Gasteiger partial charge in [0.15, 0.2) is 0 Å². The minimum atomic E-state index is -2.95. The molecule has 1 aromatic rings. The van der Waals surface area contributed by atoms with E-state index in [0.717, 1.165) is 0 Å². The first-order valence-electron chi connectivity index (χ1n) is 2.97. The summed E-state index contributed by atoms with van der Waals surface area (Å²) >= 11 is 0. The van der Waals surface area contributed by atoms with Gasteiger partial charge in [-0.3, -0.25) is 0 Å². The molecule has 0 saturated heterocycles. The summed E-state index contributed by atoms with van der Waals surface area (Å²) in [6.07, 6.45) is 1.32. The lowest BCUT2D eigenvalue weighted by atomic mass is 10.4. The molecule has 0 aliphatic rings. The molecule has 0 saturated carbocycles. The van der Waals surface area contributed by atoms with Crippen LogP contribution in [0.2, 0.25) is 0 Å². The number of hydrogen-bond donors (Lipinski definition) is 0. The predicted molar refractivity (Wildman–Crippen MR) is 40.4 cm³/mol. The number of alkyl halides is 2. The lowest BCUT2D eigenvalue weighted by Gasteiger charge is -2.08. The van der Waals surface area contributed by atoms with E-state index in [1.54, 1.807) is 6.92 Å². The van der Waals surface area contributed by atoms with Crippen molar-refractivity contribution in [1.29, 1.82) is 0 Å². The Labute approximate surface area is 65.3 Å². The van der Waals surface area contributed by atoms with Crippen LogP contribution in [0.1, 0.15) is 11.5 Å². The largest absolute Gasteiger partial charge is 0.300 e. The Bertz CT molecular complexity index is 259. The van der Waals surface area contributed by atoms with Gasteiger partial charge in [-0.1, -0.05) is 9.24 Å². The molecular weight excluding hydrogens is 169 g/mol. The van der Waals surface area contributed by atoms with E-state index in [1.165, 1.54) is 21.5 Å². The lowest BCUT2D eigenvalue weighted by molar-refractivity contribution is 0.0982. The molecule has 0 bridgehead atoms. The van der Waals surface area contributed by atoms with Crippen LogP contribution >= 0.6 is 9.24 Å². The average molecular weight is 176 g/mol. The number of hydrogen-bond acceptors (Lipinski definition) is 2. The van der Waals surface area contributed by atoms with Gasteiger partial charge in [-0.05, 0) is 13.0 Å². The standard InChI is InChI=1S/C6H7F2N2P/c1-4-9-3-2-5(10-4)6(7,8)11/h2-3H,11H2,1H3. The SMILES string of the molecule is Cc1nccc(C(F)(F)P)n1. The number of aryl methyl sites for hydroxylation is 1. The topological polar surface area (TPSA) is 25.8 Å². The molecule has 1 atom stereocenters. The minimum Gasteiger partial charge on any atom is -0.242 e. The molecule has 11 heavy (non-hydrogen) atoms. The van der Waals surface area contributed by atoms with E-state index in [2.05, 4.69) is 9.97 Å². The monoisotopic (exact) mass is 176 g/mol. The number of nitrogens with zero attached hydrogens (tertiary/aromatic N) is 2. The smallest absolute Gasteiger partial charge is 0.242 e. The first-order chi connectivity index (χ1) is 5.00. The molecule has 0 spiro atoms. The summed E-state index contributed by atoms with van der Waals surface area (Å²) < 4.78 is 25.0. The molecule has 1 heterocycles. The first-order valence-corrected chi connectivity index (χ1v) is 3.55. The molecule has 0 aliphatic carbocycles. The summed E-state index contributed by atoms with van der Waals surface area (Å²) in [6.45, 7) is 1.57. The van der Waals surface area contributed by atoms with Crippen LogP contribution in [0.25, 0.3) is 0 Å². The van der Waals surface area contributed by atoms with Crippen molar-refractivity contribution in [1.82, 2.24) is 9.97 Å². The van der Waals surface area contributed by atoms with Crippen molar-refractivity contribution in [2.45, 2.75) is 12.6 Å². The van der Waals surface area contributed by atoms with Crippen molar-refractivity contribution in [2.75, 3.05) is 0 Å². The minimum absolute atomic E-state index is 0.269. The average Bonchev–Trinajstić information content (AvgIpc) is 1.86. The van der Waals surface area contributed by atoms with Crippen LogP contribution in [-0.4, -0.2) is 9.97 Å². The van der Waals surface area contributed by atoms with Gasteiger partial charge in [-0.25, -0.2) is 9.97 Å². The maximum absolute atomic E-state index is 12.5. The highest BCUT2D eigenvalue weighted by atomic mass is 31.0. The third kappa shape index (κ3) is 2.15. The molecule has 0 aliphatic heterocycles. The third-order valence-corrected chi connectivity index (χ3v) is 1.41. The van der Waals surface area contributed by atoms with Crippen LogP contribution in [0.3, 0.4) is 0 Å². The van der Waals surface area contributed by atoms with Gasteiger partial charge >= 0.3 is 0 Å². The van der Waals surface area contributed by atoms with Gasteiger partial charge in [0.2, 0.25) is 0 Å². The van der Waals surface area contributed by atoms with Gasteiger partial charge in [-0.2, -0.15) is 8.78 Å². The van der Waals surface area contributed by atoms with Gasteiger partial charge in [0.1, 0.15) is 11.5 Å². The second kappa shape index (κ2) is 2.78. The van der Waals surface area contributed by atoms with Crippen molar-refractivity contribution in [2.24, 2.45) is 0 Å². The van der Waals surface area contributed by atoms with Crippen molar-refractivity contribution < 1.29 is 8.78 Å². The molecule has 5 heteroatoms. The molecule has 0 amide bonds. The Morgan fingerprint density at radius 1 is 1.55 bits per heavy atom. The molecule has 0 radical (unpaired) electrons. The van der Waals surface area contributed by atoms with Crippen LogP contribution in [0, 0.1) is 6.92 Å². The van der Waals surface area contributed by atoms with E-state index in [1.807, 2.05) is 0 Å². The van der Waals surface area contributed by atoms with Crippen LogP contribution in [-0.2, 0) is 5.66 Å². The summed E-state index contributed by atoms with van der Waals surface area (Å²) in [6, 6.07) is 1.19. The first kappa shape index (κ1) is 8.47. The second-order valence-corrected chi connectivity index (χ2v) is 2.84. The van der Waals surface area contributed by atoms with Crippen LogP contribution in [0.4, 0.5) is 8.78 Å². The fourth-order valence-corrected chi connectivity index (χ4v) is 0.803. The van der Waals surface area contributed by atoms with E-state index in [9.17, 15) is 8.78 Å². The highest BCUT2D eigenvalue weighted by Crippen LogP contribution is 2.32. The predicted octanol–water partition coefficient (Wildman–Crippen LogP) is 1.71. The van der Waals surface area contributed by atoms with Gasteiger partial charge in [0.25, 0.3) is 5.66 Å². The van der Waals surface area contributed by atoms with Gasteiger partial charge < -0.3 is 0 Å². The zero-order chi connectivity index (χ0) is 8.48. The summed E-state index contributed by atoms with van der Waals surface area (Å²) in [7, 11) is 1.43. The maximum Gasteiger partial charge on any atom is 0.300 e. The summed E-state index contributed by atoms with van der Waals surface area (Å²) in [5.74, 6) is 0.352. The van der Waals surface area contributed by atoms with Gasteiger partial charge in [0, 0.05) is 6.20 Å². The highest BCUT2D eigenvalue weighted by Gasteiger charge is 2.26. The van der Waals surface area contributed by atoms with Crippen molar-refractivity contribution in [3.8, 4) is 0 Å². The maximum atomic E-state index is 12.5. The normalized spacial score (nSPS) is 11.6. The molecule has 1 unspecified atom stereocenters. The Balaban J connectivity index is 3.06. The quantitative estimate of drug-likeness (QED) is 0.608. The zero-order valence-electron chi connectivity index (χ0n) is 5.88. The molecule has 2 nitrogen and oxygen atoms in total. The van der Waals surface area contributed by atoms with Gasteiger partial charge in [-0.15, -0.1) is 0 Å². The Hall–Kier alpha value is -0.630. The molecule has 0 aromatic carbocycles. The Morgan fingerprint density at radius 2 is 2.18 bits per heavy atom. The number of aromatic nitrogens is 2. The van der Waals surface area contributed by atoms with E-state index in [-0.39, 0.29) is 5.69 Å². The Kier molecular flexibility index (Phi) is 2.14. The fraction of sp³-hybridized carbons (Fsp3) is 0.333.